The third-order valence-electron chi connectivity index (χ3n) is 5.99. The van der Waals surface area contributed by atoms with Crippen LogP contribution in [0.3, 0.4) is 0 Å². The van der Waals surface area contributed by atoms with Crippen molar-refractivity contribution in [1.29, 1.82) is 0 Å². The number of hydrogen-bond acceptors (Lipinski definition) is 6. The fraction of sp³-hybridized carbons (Fsp3) is 0.367. The smallest absolute Gasteiger partial charge is 0.408 e. The Morgan fingerprint density at radius 2 is 1.72 bits per heavy atom. The van der Waals surface area contributed by atoms with E-state index in [0.717, 1.165) is 10.8 Å². The van der Waals surface area contributed by atoms with E-state index in [1.165, 1.54) is 17.0 Å². The van der Waals surface area contributed by atoms with Crippen LogP contribution in [0.25, 0.3) is 10.8 Å². The predicted octanol–water partition coefficient (Wildman–Crippen LogP) is 5.72. The SMILES string of the molecule is CCN(C(=O)C(CCSC)NC(=O)OC(C)(C)C)C(C(=O)Nc1ccc2ccccc2c1)c1cccc(O)c1. The van der Waals surface area contributed by atoms with E-state index in [1.54, 1.807) is 51.6 Å². The molecule has 0 aliphatic carbocycles. The Morgan fingerprint density at radius 3 is 2.36 bits per heavy atom. The number of benzene rings is 3. The summed E-state index contributed by atoms with van der Waals surface area (Å²) in [6.07, 6.45) is 1.57. The zero-order valence-electron chi connectivity index (χ0n) is 23.1. The second kappa shape index (κ2) is 13.4. The number of carbonyl (C=O) groups is 3. The number of amides is 3. The second-order valence-corrected chi connectivity index (χ2v) is 11.1. The zero-order valence-corrected chi connectivity index (χ0v) is 23.9. The van der Waals surface area contributed by atoms with Gasteiger partial charge in [0, 0.05) is 12.2 Å². The minimum Gasteiger partial charge on any atom is -0.508 e. The molecule has 0 saturated carbocycles. The van der Waals surface area contributed by atoms with Gasteiger partial charge in [0.15, 0.2) is 0 Å². The average molecular weight is 552 g/mol. The fourth-order valence-electron chi connectivity index (χ4n) is 4.25. The van der Waals surface area contributed by atoms with Crippen LogP contribution in [0.5, 0.6) is 5.75 Å². The topological polar surface area (TPSA) is 108 Å². The number of phenolic OH excluding ortho intramolecular Hbond substituents is 1. The lowest BCUT2D eigenvalue weighted by molar-refractivity contribution is -0.140. The number of anilines is 1. The molecule has 0 spiro atoms. The largest absolute Gasteiger partial charge is 0.508 e. The molecular formula is C30H37N3O5S. The first-order valence-electron chi connectivity index (χ1n) is 12.9. The summed E-state index contributed by atoms with van der Waals surface area (Å²) in [5.74, 6) is -0.263. The van der Waals surface area contributed by atoms with Crippen molar-refractivity contribution in [3.63, 3.8) is 0 Å². The Kier molecular flexibility index (Phi) is 10.2. The number of rotatable bonds is 10. The highest BCUT2D eigenvalue weighted by atomic mass is 32.2. The molecule has 0 heterocycles. The normalized spacial score (nSPS) is 12.8. The van der Waals surface area contributed by atoms with Crippen molar-refractivity contribution in [2.75, 3.05) is 23.9 Å². The van der Waals surface area contributed by atoms with Crippen LogP contribution in [-0.4, -0.2) is 58.1 Å². The van der Waals surface area contributed by atoms with Gasteiger partial charge in [0.1, 0.15) is 23.4 Å². The average Bonchev–Trinajstić information content (AvgIpc) is 2.88. The highest BCUT2D eigenvalue weighted by Gasteiger charge is 2.35. The fourth-order valence-corrected chi connectivity index (χ4v) is 4.73. The van der Waals surface area contributed by atoms with Crippen LogP contribution in [0.4, 0.5) is 10.5 Å². The molecule has 0 bridgehead atoms. The lowest BCUT2D eigenvalue weighted by Gasteiger charge is -2.33. The molecule has 39 heavy (non-hydrogen) atoms. The molecule has 3 aromatic carbocycles. The summed E-state index contributed by atoms with van der Waals surface area (Å²) in [6, 6.07) is 17.7. The number of likely N-dealkylation sites (N-methyl/N-ethyl adjacent to an activating group) is 1. The minimum atomic E-state index is -1.06. The summed E-state index contributed by atoms with van der Waals surface area (Å²) < 4.78 is 5.39. The van der Waals surface area contributed by atoms with Crippen LogP contribution in [0.2, 0.25) is 0 Å². The molecule has 3 aromatic rings. The first-order chi connectivity index (χ1) is 18.5. The Labute approximate surface area is 234 Å². The van der Waals surface area contributed by atoms with E-state index < -0.39 is 35.6 Å². The van der Waals surface area contributed by atoms with E-state index in [1.807, 2.05) is 48.7 Å². The highest BCUT2D eigenvalue weighted by Crippen LogP contribution is 2.28. The van der Waals surface area contributed by atoms with Crippen LogP contribution in [0, 0.1) is 0 Å². The second-order valence-electron chi connectivity index (χ2n) is 10.2. The Balaban J connectivity index is 1.95. The maximum atomic E-state index is 13.9. The summed E-state index contributed by atoms with van der Waals surface area (Å²) >= 11 is 1.55. The van der Waals surface area contributed by atoms with E-state index in [4.69, 9.17) is 4.74 Å². The zero-order chi connectivity index (χ0) is 28.6. The summed E-state index contributed by atoms with van der Waals surface area (Å²) in [6.45, 7) is 7.21. The van der Waals surface area contributed by atoms with E-state index in [2.05, 4.69) is 10.6 Å². The van der Waals surface area contributed by atoms with Gasteiger partial charge in [0.05, 0.1) is 0 Å². The Morgan fingerprint density at radius 1 is 1.00 bits per heavy atom. The molecule has 0 aliphatic rings. The van der Waals surface area contributed by atoms with Gasteiger partial charge in [-0.3, -0.25) is 9.59 Å². The van der Waals surface area contributed by atoms with E-state index >= 15 is 0 Å². The van der Waals surface area contributed by atoms with Gasteiger partial charge >= 0.3 is 6.09 Å². The number of phenols is 1. The number of fused-ring (bicyclic) bond motifs is 1. The molecular weight excluding hydrogens is 514 g/mol. The lowest BCUT2D eigenvalue weighted by Crippen LogP contribution is -2.52. The summed E-state index contributed by atoms with van der Waals surface area (Å²) in [5.41, 5.74) is 0.299. The standard InChI is InChI=1S/C30H37N3O5S/c1-6-33(28(36)25(16-17-39-5)32-29(37)38-30(2,3)4)26(22-12-9-13-24(34)19-22)27(35)31-23-15-14-20-10-7-8-11-21(20)18-23/h7-15,18-19,25-26,34H,6,16-17H2,1-5H3,(H,31,35)(H,32,37). The third-order valence-corrected chi connectivity index (χ3v) is 6.63. The number of alkyl carbamates (subject to hydrolysis) is 1. The van der Waals surface area contributed by atoms with Crippen LogP contribution >= 0.6 is 11.8 Å². The molecule has 3 rings (SSSR count). The summed E-state index contributed by atoms with van der Waals surface area (Å²) in [4.78, 5) is 41.7. The first kappa shape index (κ1) is 29.8. The number of nitrogens with one attached hydrogen (secondary N) is 2. The van der Waals surface area contributed by atoms with Gasteiger partial charge in [-0.1, -0.05) is 42.5 Å². The molecule has 0 saturated heterocycles. The molecule has 8 nitrogen and oxygen atoms in total. The summed E-state index contributed by atoms with van der Waals surface area (Å²) in [5, 5.41) is 17.8. The van der Waals surface area contributed by atoms with Gasteiger partial charge < -0.3 is 25.4 Å². The van der Waals surface area contributed by atoms with Gasteiger partial charge in [-0.2, -0.15) is 11.8 Å². The van der Waals surface area contributed by atoms with Crippen molar-refractivity contribution in [3.05, 3.63) is 72.3 Å². The van der Waals surface area contributed by atoms with Gasteiger partial charge in [-0.15, -0.1) is 0 Å². The molecule has 0 radical (unpaired) electrons. The number of nitrogens with zero attached hydrogens (tertiary/aromatic N) is 1. The van der Waals surface area contributed by atoms with E-state index in [-0.39, 0.29) is 12.3 Å². The molecule has 3 amide bonds. The van der Waals surface area contributed by atoms with E-state index in [0.29, 0.717) is 23.4 Å². The number of ether oxygens (including phenoxy) is 1. The van der Waals surface area contributed by atoms with Crippen LogP contribution in [0.15, 0.2) is 66.7 Å². The third kappa shape index (κ3) is 8.38. The van der Waals surface area contributed by atoms with Crippen molar-refractivity contribution >= 4 is 46.1 Å². The maximum absolute atomic E-state index is 13.9. The van der Waals surface area contributed by atoms with Crippen molar-refractivity contribution in [3.8, 4) is 5.75 Å². The molecule has 0 fully saturated rings. The first-order valence-corrected chi connectivity index (χ1v) is 14.3. The minimum absolute atomic E-state index is 0.0229. The molecule has 2 atom stereocenters. The van der Waals surface area contributed by atoms with Crippen molar-refractivity contribution in [1.82, 2.24) is 10.2 Å². The van der Waals surface area contributed by atoms with Crippen LogP contribution in [0.1, 0.15) is 45.7 Å². The lowest BCUT2D eigenvalue weighted by atomic mass is 10.0. The molecule has 2 unspecified atom stereocenters. The van der Waals surface area contributed by atoms with Gasteiger partial charge in [0.2, 0.25) is 5.91 Å². The molecule has 0 aromatic heterocycles. The Bertz CT molecular complexity index is 1310. The van der Waals surface area contributed by atoms with Gasteiger partial charge in [-0.25, -0.2) is 4.79 Å². The molecule has 0 aliphatic heterocycles. The van der Waals surface area contributed by atoms with Crippen LogP contribution < -0.4 is 10.6 Å². The van der Waals surface area contributed by atoms with Crippen LogP contribution in [-0.2, 0) is 14.3 Å². The van der Waals surface area contributed by atoms with E-state index in [9.17, 15) is 19.5 Å². The predicted molar refractivity (Wildman–Crippen MR) is 157 cm³/mol. The van der Waals surface area contributed by atoms with Crippen molar-refractivity contribution in [2.24, 2.45) is 0 Å². The number of hydrogen-bond donors (Lipinski definition) is 3. The monoisotopic (exact) mass is 551 g/mol. The molecule has 9 heteroatoms. The number of thioether (sulfide) groups is 1. The quantitative estimate of drug-likeness (QED) is 0.297. The Hall–Kier alpha value is -3.72. The van der Waals surface area contributed by atoms with Crippen molar-refractivity contribution in [2.45, 2.75) is 51.8 Å². The highest BCUT2D eigenvalue weighted by molar-refractivity contribution is 7.98. The number of aromatic hydroxyl groups is 1. The summed E-state index contributed by atoms with van der Waals surface area (Å²) in [7, 11) is 0. The van der Waals surface area contributed by atoms with Gasteiger partial charge in [-0.05, 0) is 86.7 Å². The maximum Gasteiger partial charge on any atom is 0.408 e. The molecule has 208 valence electrons. The van der Waals surface area contributed by atoms with Gasteiger partial charge in [0.25, 0.3) is 5.91 Å². The van der Waals surface area contributed by atoms with Crippen molar-refractivity contribution < 1.29 is 24.2 Å². The number of carbonyl (C=O) groups excluding carboxylic acids is 3. The molecule has 3 N–H and O–H groups in total.